The van der Waals surface area contributed by atoms with Crippen molar-refractivity contribution in [3.63, 3.8) is 0 Å². The molecule has 108 valence electrons. The van der Waals surface area contributed by atoms with E-state index in [1.165, 1.54) is 12.8 Å². The number of hydrogen-bond donors (Lipinski definition) is 1. The number of hydrogen-bond acceptors (Lipinski definition) is 4. The number of carbonyl (C=O) groups excluding carboxylic acids is 1. The molecule has 3 rings (SSSR count). The number of morpholine rings is 1. The molecule has 0 radical (unpaired) electrons. The van der Waals surface area contributed by atoms with Crippen molar-refractivity contribution in [3.05, 3.63) is 21.8 Å². The number of ether oxygens (including phenoxy) is 1. The lowest BCUT2D eigenvalue weighted by Crippen LogP contribution is -2.38. The quantitative estimate of drug-likeness (QED) is 0.913. The van der Waals surface area contributed by atoms with Crippen molar-refractivity contribution >= 4 is 27.7 Å². The normalized spacial score (nSPS) is 19.0. The van der Waals surface area contributed by atoms with Crippen molar-refractivity contribution < 1.29 is 9.53 Å². The third-order valence-corrected chi connectivity index (χ3v) is 4.36. The summed E-state index contributed by atoms with van der Waals surface area (Å²) >= 11 is 3.56. The van der Waals surface area contributed by atoms with E-state index >= 15 is 0 Å². The first kappa shape index (κ1) is 13.8. The molecule has 1 saturated heterocycles. The minimum atomic E-state index is -0.0953. The third-order valence-electron chi connectivity index (χ3n) is 3.73. The number of nitrogens with one attached hydrogen (secondary N) is 1. The summed E-state index contributed by atoms with van der Waals surface area (Å²) in [7, 11) is 1.65. The molecule has 1 amide bonds. The van der Waals surface area contributed by atoms with Gasteiger partial charge >= 0.3 is 0 Å². The highest BCUT2D eigenvalue weighted by atomic mass is 79.9. The monoisotopic (exact) mass is 339 g/mol. The van der Waals surface area contributed by atoms with Crippen LogP contribution < -0.4 is 10.2 Å². The van der Waals surface area contributed by atoms with Gasteiger partial charge in [0.15, 0.2) is 0 Å². The maximum Gasteiger partial charge on any atom is 0.254 e. The maximum absolute atomic E-state index is 12.1. The van der Waals surface area contributed by atoms with E-state index in [0.717, 1.165) is 29.1 Å². The summed E-state index contributed by atoms with van der Waals surface area (Å²) in [4.78, 5) is 19.0. The molecule has 0 spiro atoms. The molecule has 5 nitrogen and oxygen atoms in total. The van der Waals surface area contributed by atoms with Gasteiger partial charge in [0.2, 0.25) is 0 Å². The second-order valence-corrected chi connectivity index (χ2v) is 6.03. The van der Waals surface area contributed by atoms with Gasteiger partial charge in [0, 0.05) is 30.5 Å². The SMILES string of the molecule is CNC(=O)c1cc(Br)c(C2CC2)nc1N1CCOCC1. The molecule has 0 aromatic carbocycles. The van der Waals surface area contributed by atoms with Crippen molar-refractivity contribution in [1.29, 1.82) is 0 Å². The Hall–Kier alpha value is -1.14. The van der Waals surface area contributed by atoms with Gasteiger partial charge in [-0.3, -0.25) is 4.79 Å². The fourth-order valence-electron chi connectivity index (χ4n) is 2.45. The molecule has 0 unspecified atom stereocenters. The largest absolute Gasteiger partial charge is 0.378 e. The third kappa shape index (κ3) is 2.67. The van der Waals surface area contributed by atoms with Crippen molar-refractivity contribution in [2.24, 2.45) is 0 Å². The molecule has 0 atom stereocenters. The van der Waals surface area contributed by atoms with Gasteiger partial charge in [-0.25, -0.2) is 4.98 Å². The zero-order chi connectivity index (χ0) is 14.1. The molecule has 1 saturated carbocycles. The van der Waals surface area contributed by atoms with Gasteiger partial charge in [-0.2, -0.15) is 0 Å². The number of aromatic nitrogens is 1. The molecule has 1 N–H and O–H groups in total. The summed E-state index contributed by atoms with van der Waals surface area (Å²) in [6.07, 6.45) is 2.38. The molecule has 2 heterocycles. The average molecular weight is 340 g/mol. The van der Waals surface area contributed by atoms with E-state index in [0.29, 0.717) is 24.7 Å². The Morgan fingerprint density at radius 2 is 2.15 bits per heavy atom. The molecule has 6 heteroatoms. The first-order chi connectivity index (χ1) is 9.70. The number of nitrogens with zero attached hydrogens (tertiary/aromatic N) is 2. The van der Waals surface area contributed by atoms with E-state index in [4.69, 9.17) is 9.72 Å². The minimum absolute atomic E-state index is 0.0953. The second-order valence-electron chi connectivity index (χ2n) is 5.18. The lowest BCUT2D eigenvalue weighted by molar-refractivity contribution is 0.0961. The van der Waals surface area contributed by atoms with Crippen LogP contribution in [0.5, 0.6) is 0 Å². The molecule has 1 aromatic heterocycles. The summed E-state index contributed by atoms with van der Waals surface area (Å²) in [5, 5.41) is 2.69. The van der Waals surface area contributed by atoms with Crippen molar-refractivity contribution in [2.75, 3.05) is 38.3 Å². The molecular formula is C14H18BrN3O2. The Kier molecular flexibility index (Phi) is 3.94. The average Bonchev–Trinajstić information content (AvgIpc) is 3.31. The van der Waals surface area contributed by atoms with Gasteiger partial charge < -0.3 is 15.0 Å². The van der Waals surface area contributed by atoms with Crippen molar-refractivity contribution in [3.8, 4) is 0 Å². The van der Waals surface area contributed by atoms with Gasteiger partial charge in [0.1, 0.15) is 5.82 Å². The smallest absolute Gasteiger partial charge is 0.254 e. The highest BCUT2D eigenvalue weighted by molar-refractivity contribution is 9.10. The topological polar surface area (TPSA) is 54.5 Å². The fraction of sp³-hybridized carbons (Fsp3) is 0.571. The summed E-state index contributed by atoms with van der Waals surface area (Å²) in [5.41, 5.74) is 1.71. The van der Waals surface area contributed by atoms with E-state index in [9.17, 15) is 4.79 Å². The summed E-state index contributed by atoms with van der Waals surface area (Å²) in [5.74, 6) is 1.24. The Labute approximate surface area is 126 Å². The highest BCUT2D eigenvalue weighted by Crippen LogP contribution is 2.43. The maximum atomic E-state index is 12.1. The predicted molar refractivity (Wildman–Crippen MR) is 80.3 cm³/mol. The molecule has 2 fully saturated rings. The molecule has 1 aliphatic carbocycles. The Bertz CT molecular complexity index is 525. The number of anilines is 1. The number of halogens is 1. The van der Waals surface area contributed by atoms with Gasteiger partial charge in [-0.1, -0.05) is 0 Å². The lowest BCUT2D eigenvalue weighted by Gasteiger charge is -2.29. The number of amides is 1. The molecular weight excluding hydrogens is 322 g/mol. The van der Waals surface area contributed by atoms with Crippen molar-refractivity contribution in [1.82, 2.24) is 10.3 Å². The van der Waals surface area contributed by atoms with Crippen molar-refractivity contribution in [2.45, 2.75) is 18.8 Å². The Morgan fingerprint density at radius 1 is 1.45 bits per heavy atom. The Morgan fingerprint density at radius 3 is 2.75 bits per heavy atom. The molecule has 20 heavy (non-hydrogen) atoms. The number of pyridine rings is 1. The predicted octanol–water partition coefficient (Wildman–Crippen LogP) is 1.92. The molecule has 1 aromatic rings. The van der Waals surface area contributed by atoms with Crippen LogP contribution in [0.15, 0.2) is 10.5 Å². The molecule has 0 bridgehead atoms. The van der Waals surface area contributed by atoms with Crippen LogP contribution in [0.3, 0.4) is 0 Å². The van der Waals surface area contributed by atoms with Gasteiger partial charge in [-0.05, 0) is 34.8 Å². The number of carbonyl (C=O) groups is 1. The second kappa shape index (κ2) is 5.69. The number of rotatable bonds is 3. The lowest BCUT2D eigenvalue weighted by atomic mass is 10.1. The van der Waals surface area contributed by atoms with Crippen LogP contribution in [0.2, 0.25) is 0 Å². The summed E-state index contributed by atoms with van der Waals surface area (Å²) in [6.45, 7) is 2.93. The fourth-order valence-corrected chi connectivity index (χ4v) is 3.10. The van der Waals surface area contributed by atoms with Gasteiger partial charge in [0.05, 0.1) is 24.5 Å². The van der Waals surface area contributed by atoms with Crippen LogP contribution in [-0.2, 0) is 4.74 Å². The standard InChI is InChI=1S/C14H18BrN3O2/c1-16-14(19)10-8-11(15)12(9-2-3-9)17-13(10)18-4-6-20-7-5-18/h8-9H,2-7H2,1H3,(H,16,19). The van der Waals surface area contributed by atoms with E-state index in [1.807, 2.05) is 6.07 Å². The zero-order valence-corrected chi connectivity index (χ0v) is 13.1. The van der Waals surface area contributed by atoms with E-state index in [1.54, 1.807) is 7.05 Å². The highest BCUT2D eigenvalue weighted by Gasteiger charge is 2.30. The first-order valence-corrected chi connectivity index (χ1v) is 7.75. The summed E-state index contributed by atoms with van der Waals surface area (Å²) in [6, 6.07) is 1.91. The molecule has 1 aliphatic heterocycles. The molecule has 2 aliphatic rings. The van der Waals surface area contributed by atoms with E-state index in [2.05, 4.69) is 26.1 Å². The van der Waals surface area contributed by atoms with Gasteiger partial charge in [0.25, 0.3) is 5.91 Å². The van der Waals surface area contributed by atoms with E-state index < -0.39 is 0 Å². The van der Waals surface area contributed by atoms with Crippen LogP contribution >= 0.6 is 15.9 Å². The van der Waals surface area contributed by atoms with Gasteiger partial charge in [-0.15, -0.1) is 0 Å². The van der Waals surface area contributed by atoms with Crippen LogP contribution in [0.4, 0.5) is 5.82 Å². The summed E-state index contributed by atoms with van der Waals surface area (Å²) < 4.78 is 6.32. The van der Waals surface area contributed by atoms with Crippen LogP contribution in [0.25, 0.3) is 0 Å². The first-order valence-electron chi connectivity index (χ1n) is 6.96. The Balaban J connectivity index is 2.02. The van der Waals surface area contributed by atoms with E-state index in [-0.39, 0.29) is 5.91 Å². The van der Waals surface area contributed by atoms with Crippen LogP contribution in [-0.4, -0.2) is 44.2 Å². The van der Waals surface area contributed by atoms with Crippen LogP contribution in [0.1, 0.15) is 34.8 Å². The zero-order valence-electron chi connectivity index (χ0n) is 11.5. The van der Waals surface area contributed by atoms with Crippen LogP contribution in [0, 0.1) is 0 Å². The minimum Gasteiger partial charge on any atom is -0.378 e.